The fraction of sp³-hybridized carbons (Fsp3) is 0.550. The smallest absolute Gasteiger partial charge is 0.303 e. The Balaban J connectivity index is 1.97. The molecule has 1 aliphatic rings. The molecule has 1 aromatic heterocycles. The van der Waals surface area contributed by atoms with Gasteiger partial charge in [0.25, 0.3) is 0 Å². The summed E-state index contributed by atoms with van der Waals surface area (Å²) in [5.41, 5.74) is -0.408. The first-order chi connectivity index (χ1) is 14.0. The number of rotatable bonds is 7. The van der Waals surface area contributed by atoms with Crippen molar-refractivity contribution in [1.29, 1.82) is 0 Å². The van der Waals surface area contributed by atoms with Crippen molar-refractivity contribution in [3.05, 3.63) is 29.5 Å². The topological polar surface area (TPSA) is 170 Å². The van der Waals surface area contributed by atoms with Crippen molar-refractivity contribution in [1.82, 2.24) is 0 Å². The lowest BCUT2D eigenvalue weighted by molar-refractivity contribution is -0.277. The van der Waals surface area contributed by atoms with Crippen molar-refractivity contribution in [2.75, 3.05) is 6.61 Å². The van der Waals surface area contributed by atoms with E-state index >= 15 is 0 Å². The van der Waals surface area contributed by atoms with Crippen molar-refractivity contribution in [2.24, 2.45) is 0 Å². The number of benzene rings is 1. The molecule has 30 heavy (non-hydrogen) atoms. The molecule has 0 bridgehead atoms. The van der Waals surface area contributed by atoms with Gasteiger partial charge in [0.2, 0.25) is 6.29 Å². The van der Waals surface area contributed by atoms with Gasteiger partial charge in [0.15, 0.2) is 0 Å². The minimum atomic E-state index is -1.62. The third kappa shape index (κ3) is 4.59. The highest BCUT2D eigenvalue weighted by Gasteiger charge is 2.45. The van der Waals surface area contributed by atoms with Crippen molar-refractivity contribution in [3.63, 3.8) is 0 Å². The molecular weight excluding hydrogens is 400 g/mol. The lowest BCUT2D eigenvalue weighted by atomic mass is 9.99. The minimum Gasteiger partial charge on any atom is -0.481 e. The number of aliphatic carboxylic acids is 1. The summed E-state index contributed by atoms with van der Waals surface area (Å²) in [7, 11) is 0. The normalized spacial score (nSPS) is 27.4. The van der Waals surface area contributed by atoms with Crippen LogP contribution in [0.15, 0.2) is 22.6 Å². The van der Waals surface area contributed by atoms with E-state index in [1.807, 2.05) is 0 Å². The van der Waals surface area contributed by atoms with Crippen LogP contribution in [-0.4, -0.2) is 73.9 Å². The third-order valence-electron chi connectivity index (χ3n) is 5.00. The summed E-state index contributed by atoms with van der Waals surface area (Å²) in [5.74, 6) is -0.574. The Kier molecular flexibility index (Phi) is 6.37. The predicted octanol–water partition coefficient (Wildman–Crippen LogP) is -0.144. The summed E-state index contributed by atoms with van der Waals surface area (Å²) in [4.78, 5) is 11.0. The number of aliphatic hydroxyl groups excluding tert-OH is 4. The molecule has 1 saturated heterocycles. The number of furan rings is 1. The summed E-state index contributed by atoms with van der Waals surface area (Å²) < 4.78 is 16.8. The first kappa shape index (κ1) is 22.5. The van der Waals surface area contributed by atoms with Crippen LogP contribution in [0.25, 0.3) is 11.0 Å². The van der Waals surface area contributed by atoms with Crippen molar-refractivity contribution >= 4 is 16.9 Å². The number of hydrogen-bond acceptors (Lipinski definition) is 9. The standard InChI is InChI=1S/C20H26O10/c1-20(2,27)14-6-10-5-9(3-4-15(22)23)11(7-12(10)28-14)29-19-18(26)17(25)16(24)13(8-21)30-19/h5-7,13,16-19,21,24-27H,3-4,8H2,1-2H3,(H,22,23)/t13-,16-,17+,18-,19-/m1/s1. The number of hydrogen-bond donors (Lipinski definition) is 6. The number of ether oxygens (including phenoxy) is 2. The Morgan fingerprint density at radius 1 is 1.13 bits per heavy atom. The predicted molar refractivity (Wildman–Crippen MR) is 102 cm³/mol. The van der Waals surface area contributed by atoms with Crippen LogP contribution in [0.5, 0.6) is 5.75 Å². The van der Waals surface area contributed by atoms with Crippen molar-refractivity contribution < 1.29 is 49.3 Å². The quantitative estimate of drug-likeness (QED) is 0.350. The number of fused-ring (bicyclic) bond motifs is 1. The lowest BCUT2D eigenvalue weighted by Gasteiger charge is -2.39. The Morgan fingerprint density at radius 2 is 1.83 bits per heavy atom. The molecule has 2 heterocycles. The molecule has 0 radical (unpaired) electrons. The van der Waals surface area contributed by atoms with E-state index in [1.54, 1.807) is 26.0 Å². The second kappa shape index (κ2) is 8.50. The Bertz CT molecular complexity index is 897. The number of aryl methyl sites for hydroxylation is 1. The number of carboxylic acids is 1. The van der Waals surface area contributed by atoms with Crippen LogP contribution in [0.2, 0.25) is 0 Å². The van der Waals surface area contributed by atoms with E-state index in [-0.39, 0.29) is 18.6 Å². The maximum atomic E-state index is 11.0. The SMILES string of the molecule is CC(C)(O)c1cc2cc(CCC(=O)O)c(O[C@@H]3O[C@H](CO)[C@@H](O)[C@H](O)[C@H]3O)cc2o1. The second-order valence-electron chi connectivity index (χ2n) is 7.88. The molecule has 0 unspecified atom stereocenters. The number of carboxylic acid groups (broad SMARTS) is 1. The van der Waals surface area contributed by atoms with Crippen molar-refractivity contribution in [2.45, 2.75) is 63.0 Å². The van der Waals surface area contributed by atoms with E-state index in [1.165, 1.54) is 6.07 Å². The molecular formula is C20H26O10. The van der Waals surface area contributed by atoms with E-state index in [0.29, 0.717) is 22.3 Å². The molecule has 6 N–H and O–H groups in total. The maximum absolute atomic E-state index is 11.0. The van der Waals surface area contributed by atoms with E-state index in [2.05, 4.69) is 0 Å². The fourth-order valence-electron chi connectivity index (χ4n) is 3.25. The summed E-state index contributed by atoms with van der Waals surface area (Å²) in [6.07, 6.45) is -7.42. The molecule has 5 atom stereocenters. The van der Waals surface area contributed by atoms with Gasteiger partial charge in [-0.3, -0.25) is 4.79 Å². The van der Waals surface area contributed by atoms with Crippen LogP contribution in [-0.2, 0) is 21.6 Å². The van der Waals surface area contributed by atoms with Gasteiger partial charge in [-0.2, -0.15) is 0 Å². The zero-order valence-corrected chi connectivity index (χ0v) is 16.6. The van der Waals surface area contributed by atoms with Gasteiger partial charge in [-0.25, -0.2) is 0 Å². The molecule has 0 aliphatic carbocycles. The van der Waals surface area contributed by atoms with Gasteiger partial charge in [0, 0.05) is 17.9 Å². The van der Waals surface area contributed by atoms with Crippen LogP contribution in [0.4, 0.5) is 0 Å². The average Bonchev–Trinajstić information content (AvgIpc) is 3.09. The first-order valence-electron chi connectivity index (χ1n) is 9.49. The van der Waals surface area contributed by atoms with Crippen LogP contribution in [0.3, 0.4) is 0 Å². The van der Waals surface area contributed by atoms with E-state index in [0.717, 1.165) is 0 Å². The van der Waals surface area contributed by atoms with Gasteiger partial charge >= 0.3 is 5.97 Å². The van der Waals surface area contributed by atoms with Crippen LogP contribution in [0.1, 0.15) is 31.6 Å². The van der Waals surface area contributed by atoms with Crippen molar-refractivity contribution in [3.8, 4) is 5.75 Å². The molecule has 1 aromatic carbocycles. The number of carbonyl (C=O) groups is 1. The summed E-state index contributed by atoms with van der Waals surface area (Å²) in [6.45, 7) is 2.51. The molecule has 0 spiro atoms. The minimum absolute atomic E-state index is 0.0983. The van der Waals surface area contributed by atoms with Gasteiger partial charge in [-0.05, 0) is 38.0 Å². The molecule has 3 rings (SSSR count). The second-order valence-corrected chi connectivity index (χ2v) is 7.88. The largest absolute Gasteiger partial charge is 0.481 e. The molecule has 1 fully saturated rings. The van der Waals surface area contributed by atoms with Gasteiger partial charge in [0.05, 0.1) is 6.61 Å². The van der Waals surface area contributed by atoms with Gasteiger partial charge < -0.3 is 44.5 Å². The summed E-state index contributed by atoms with van der Waals surface area (Å²) in [5, 5.41) is 59.3. The van der Waals surface area contributed by atoms with Gasteiger partial charge in [-0.1, -0.05) is 0 Å². The van der Waals surface area contributed by atoms with E-state index < -0.39 is 48.9 Å². The Labute approximate surface area is 171 Å². The highest BCUT2D eigenvalue weighted by atomic mass is 16.7. The fourth-order valence-corrected chi connectivity index (χ4v) is 3.25. The molecule has 2 aromatic rings. The summed E-state index contributed by atoms with van der Waals surface area (Å²) in [6, 6.07) is 4.76. The lowest BCUT2D eigenvalue weighted by Crippen LogP contribution is -2.60. The molecule has 10 heteroatoms. The zero-order valence-electron chi connectivity index (χ0n) is 16.6. The van der Waals surface area contributed by atoms with E-state index in [4.69, 9.17) is 19.0 Å². The van der Waals surface area contributed by atoms with Gasteiger partial charge in [0.1, 0.15) is 47.1 Å². The summed E-state index contributed by atoms with van der Waals surface area (Å²) >= 11 is 0. The number of aliphatic hydroxyl groups is 5. The Hall–Kier alpha value is -2.21. The highest BCUT2D eigenvalue weighted by molar-refractivity contribution is 5.81. The molecule has 10 nitrogen and oxygen atoms in total. The third-order valence-corrected chi connectivity index (χ3v) is 5.00. The highest BCUT2D eigenvalue weighted by Crippen LogP contribution is 2.34. The average molecular weight is 426 g/mol. The van der Waals surface area contributed by atoms with E-state index in [9.17, 15) is 30.3 Å². The first-order valence-corrected chi connectivity index (χ1v) is 9.49. The van der Waals surface area contributed by atoms with Crippen LogP contribution in [0, 0.1) is 0 Å². The zero-order chi connectivity index (χ0) is 22.2. The maximum Gasteiger partial charge on any atom is 0.303 e. The monoisotopic (exact) mass is 426 g/mol. The molecule has 166 valence electrons. The molecule has 0 amide bonds. The van der Waals surface area contributed by atoms with Crippen LogP contribution >= 0.6 is 0 Å². The molecule has 0 saturated carbocycles. The van der Waals surface area contributed by atoms with Crippen LogP contribution < -0.4 is 4.74 Å². The molecule has 1 aliphatic heterocycles. The Morgan fingerprint density at radius 3 is 2.43 bits per heavy atom. The van der Waals surface area contributed by atoms with Gasteiger partial charge in [-0.15, -0.1) is 0 Å².